The minimum Gasteiger partial charge on any atom is -0.464 e. The van der Waals surface area contributed by atoms with Crippen molar-refractivity contribution in [1.29, 1.82) is 0 Å². The molecule has 0 saturated heterocycles. The molecule has 0 fully saturated rings. The predicted molar refractivity (Wildman–Crippen MR) is 87.2 cm³/mol. The van der Waals surface area contributed by atoms with E-state index in [1.165, 1.54) is 13.2 Å². The number of esters is 1. The number of anilines is 1. The van der Waals surface area contributed by atoms with Crippen LogP contribution in [-0.2, 0) is 14.3 Å². The molecule has 1 aromatic carbocycles. The number of amides is 1. The second-order valence-electron chi connectivity index (χ2n) is 5.57. The summed E-state index contributed by atoms with van der Waals surface area (Å²) >= 11 is 0. The number of alkyl carbamates (subject to hydrolysis) is 1. The third kappa shape index (κ3) is 7.05. The summed E-state index contributed by atoms with van der Waals surface area (Å²) in [5.41, 5.74) is 6.15. The second kappa shape index (κ2) is 7.90. The van der Waals surface area contributed by atoms with Crippen LogP contribution < -0.4 is 11.1 Å². The van der Waals surface area contributed by atoms with Crippen molar-refractivity contribution in [3.8, 4) is 11.8 Å². The smallest absolute Gasteiger partial charge is 0.412 e. The largest absolute Gasteiger partial charge is 0.464 e. The first kappa shape index (κ1) is 18.1. The van der Waals surface area contributed by atoms with Crippen molar-refractivity contribution < 1.29 is 19.1 Å². The number of nitrogen functional groups attached to an aromatic ring is 1. The molecule has 0 atom stereocenters. The van der Waals surface area contributed by atoms with Crippen LogP contribution in [0.3, 0.4) is 0 Å². The molecule has 23 heavy (non-hydrogen) atoms. The normalized spacial score (nSPS) is 11.0. The van der Waals surface area contributed by atoms with E-state index >= 15 is 0 Å². The Kier molecular flexibility index (Phi) is 6.22. The minimum absolute atomic E-state index is 0.107. The molecule has 0 spiro atoms. The fourth-order valence-corrected chi connectivity index (χ4v) is 1.43. The second-order valence-corrected chi connectivity index (χ2v) is 5.57. The Hall–Kier alpha value is -2.94. The SMILES string of the molecule is COC(=O)/C(=C\C#Cc1ccc(N)cc1)NC(=O)OC(C)(C)C. The molecule has 0 bridgehead atoms. The number of hydrogen-bond donors (Lipinski definition) is 2. The molecule has 6 nitrogen and oxygen atoms in total. The Balaban J connectivity index is 2.88. The molecule has 0 unspecified atom stereocenters. The number of methoxy groups -OCH3 is 1. The van der Waals surface area contributed by atoms with Crippen LogP contribution in [0.5, 0.6) is 0 Å². The van der Waals surface area contributed by atoms with E-state index in [0.717, 1.165) is 5.56 Å². The van der Waals surface area contributed by atoms with Crippen LogP contribution in [0, 0.1) is 11.8 Å². The van der Waals surface area contributed by atoms with Crippen LogP contribution in [-0.4, -0.2) is 24.8 Å². The number of allylic oxidation sites excluding steroid dienone is 1. The van der Waals surface area contributed by atoms with Crippen LogP contribution in [0.25, 0.3) is 0 Å². The Morgan fingerprint density at radius 1 is 1.22 bits per heavy atom. The molecule has 122 valence electrons. The van der Waals surface area contributed by atoms with Gasteiger partial charge in [-0.1, -0.05) is 11.8 Å². The van der Waals surface area contributed by atoms with E-state index in [9.17, 15) is 9.59 Å². The standard InChI is InChI=1S/C17H20N2O4/c1-17(2,3)23-16(21)19-14(15(20)22-4)7-5-6-12-8-10-13(18)11-9-12/h7-11H,18H2,1-4H3,(H,19,21)/b14-7+. The van der Waals surface area contributed by atoms with Gasteiger partial charge in [-0.3, -0.25) is 5.32 Å². The van der Waals surface area contributed by atoms with Gasteiger partial charge in [0.2, 0.25) is 0 Å². The van der Waals surface area contributed by atoms with Crippen LogP contribution >= 0.6 is 0 Å². The molecular formula is C17H20N2O4. The average molecular weight is 316 g/mol. The number of benzene rings is 1. The van der Waals surface area contributed by atoms with Gasteiger partial charge in [-0.25, -0.2) is 9.59 Å². The fourth-order valence-electron chi connectivity index (χ4n) is 1.43. The first-order chi connectivity index (χ1) is 10.7. The molecule has 1 aromatic rings. The summed E-state index contributed by atoms with van der Waals surface area (Å²) in [7, 11) is 1.21. The Labute approximate surface area is 135 Å². The third-order valence-corrected chi connectivity index (χ3v) is 2.38. The van der Waals surface area contributed by atoms with Gasteiger partial charge in [-0.2, -0.15) is 0 Å². The van der Waals surface area contributed by atoms with Crippen molar-refractivity contribution in [2.24, 2.45) is 0 Å². The summed E-state index contributed by atoms with van der Waals surface area (Å²) in [6.45, 7) is 5.15. The summed E-state index contributed by atoms with van der Waals surface area (Å²) in [6.07, 6.45) is 0.495. The maximum absolute atomic E-state index is 11.7. The molecule has 0 aliphatic heterocycles. The third-order valence-electron chi connectivity index (χ3n) is 2.38. The summed E-state index contributed by atoms with van der Waals surface area (Å²) in [4.78, 5) is 23.4. The van der Waals surface area contributed by atoms with Gasteiger partial charge in [-0.05, 0) is 45.0 Å². The van der Waals surface area contributed by atoms with Gasteiger partial charge in [0.05, 0.1) is 7.11 Å². The van der Waals surface area contributed by atoms with Crippen molar-refractivity contribution in [3.63, 3.8) is 0 Å². The number of nitrogens with two attached hydrogens (primary N) is 1. The lowest BCUT2D eigenvalue weighted by Gasteiger charge is -2.19. The summed E-state index contributed by atoms with van der Waals surface area (Å²) in [5.74, 6) is 4.78. The van der Waals surface area contributed by atoms with Gasteiger partial charge in [0.15, 0.2) is 0 Å². The lowest BCUT2D eigenvalue weighted by Crippen LogP contribution is -2.34. The van der Waals surface area contributed by atoms with Gasteiger partial charge >= 0.3 is 12.1 Å². The molecule has 6 heteroatoms. The van der Waals surface area contributed by atoms with E-state index in [4.69, 9.17) is 10.5 Å². The monoisotopic (exact) mass is 316 g/mol. The first-order valence-electron chi connectivity index (χ1n) is 6.87. The number of ether oxygens (including phenoxy) is 2. The highest BCUT2D eigenvalue weighted by Gasteiger charge is 2.19. The van der Waals surface area contributed by atoms with Gasteiger partial charge in [-0.15, -0.1) is 0 Å². The maximum Gasteiger partial charge on any atom is 0.412 e. The molecule has 0 aromatic heterocycles. The number of hydrogen-bond acceptors (Lipinski definition) is 5. The van der Waals surface area contributed by atoms with Crippen LogP contribution in [0.2, 0.25) is 0 Å². The molecular weight excluding hydrogens is 296 g/mol. The maximum atomic E-state index is 11.7. The Bertz CT molecular complexity index is 659. The lowest BCUT2D eigenvalue weighted by molar-refractivity contribution is -0.136. The van der Waals surface area contributed by atoms with E-state index in [1.807, 2.05) is 0 Å². The molecule has 1 amide bonds. The van der Waals surface area contributed by atoms with Crippen molar-refractivity contribution in [3.05, 3.63) is 41.6 Å². The summed E-state index contributed by atoms with van der Waals surface area (Å²) < 4.78 is 9.68. The van der Waals surface area contributed by atoms with Crippen LogP contribution in [0.1, 0.15) is 26.3 Å². The zero-order chi connectivity index (χ0) is 17.5. The van der Waals surface area contributed by atoms with Gasteiger partial charge in [0.25, 0.3) is 0 Å². The van der Waals surface area contributed by atoms with Crippen molar-refractivity contribution in [2.75, 3.05) is 12.8 Å². The van der Waals surface area contributed by atoms with E-state index in [2.05, 4.69) is 21.9 Å². The topological polar surface area (TPSA) is 90.6 Å². The van der Waals surface area contributed by atoms with Crippen LogP contribution in [0.4, 0.5) is 10.5 Å². The molecule has 0 aliphatic rings. The van der Waals surface area contributed by atoms with Crippen molar-refractivity contribution in [2.45, 2.75) is 26.4 Å². The van der Waals surface area contributed by atoms with E-state index in [0.29, 0.717) is 5.69 Å². The van der Waals surface area contributed by atoms with Crippen molar-refractivity contribution in [1.82, 2.24) is 5.32 Å². The highest BCUT2D eigenvalue weighted by molar-refractivity contribution is 5.92. The van der Waals surface area contributed by atoms with Gasteiger partial charge in [0, 0.05) is 17.3 Å². The quantitative estimate of drug-likeness (QED) is 0.378. The Morgan fingerprint density at radius 2 is 1.83 bits per heavy atom. The molecule has 3 N–H and O–H groups in total. The fraction of sp³-hybridized carbons (Fsp3) is 0.294. The zero-order valence-corrected chi connectivity index (χ0v) is 13.6. The number of carbonyl (C=O) groups excluding carboxylic acids is 2. The zero-order valence-electron chi connectivity index (χ0n) is 13.6. The summed E-state index contributed by atoms with van der Waals surface area (Å²) in [5, 5.41) is 2.32. The van der Waals surface area contributed by atoms with E-state index in [1.54, 1.807) is 45.0 Å². The highest BCUT2D eigenvalue weighted by Crippen LogP contribution is 2.07. The minimum atomic E-state index is -0.761. The number of nitrogens with one attached hydrogen (secondary N) is 1. The molecule has 0 heterocycles. The highest BCUT2D eigenvalue weighted by atomic mass is 16.6. The molecule has 1 rings (SSSR count). The number of rotatable bonds is 2. The number of carbonyl (C=O) groups is 2. The average Bonchev–Trinajstić information content (AvgIpc) is 2.45. The van der Waals surface area contributed by atoms with Gasteiger partial charge < -0.3 is 15.2 Å². The van der Waals surface area contributed by atoms with Gasteiger partial charge in [0.1, 0.15) is 11.3 Å². The predicted octanol–water partition coefficient (Wildman–Crippen LogP) is 2.20. The first-order valence-corrected chi connectivity index (χ1v) is 6.87. The lowest BCUT2D eigenvalue weighted by atomic mass is 10.2. The van der Waals surface area contributed by atoms with E-state index < -0.39 is 17.7 Å². The van der Waals surface area contributed by atoms with Crippen molar-refractivity contribution >= 4 is 17.7 Å². The van der Waals surface area contributed by atoms with E-state index in [-0.39, 0.29) is 5.70 Å². The summed E-state index contributed by atoms with van der Waals surface area (Å²) in [6, 6.07) is 6.92. The molecule has 0 aliphatic carbocycles. The Morgan fingerprint density at radius 3 is 2.35 bits per heavy atom. The molecule has 0 radical (unpaired) electrons. The molecule has 0 saturated carbocycles. The van der Waals surface area contributed by atoms with Crippen LogP contribution in [0.15, 0.2) is 36.0 Å².